The molecule has 2 aliphatic rings. The maximum Gasteiger partial charge on any atom is 0.326 e. The lowest BCUT2D eigenvalue weighted by atomic mass is 9.84. The van der Waals surface area contributed by atoms with Crippen molar-refractivity contribution in [2.45, 2.75) is 57.4 Å². The first-order valence-electron chi connectivity index (χ1n) is 7.44. The van der Waals surface area contributed by atoms with Crippen LogP contribution in [0.25, 0.3) is 0 Å². The van der Waals surface area contributed by atoms with Gasteiger partial charge in [0.15, 0.2) is 0 Å². The van der Waals surface area contributed by atoms with Crippen molar-refractivity contribution in [3.63, 3.8) is 0 Å². The summed E-state index contributed by atoms with van der Waals surface area (Å²) in [7, 11) is 0. The van der Waals surface area contributed by atoms with Crippen LogP contribution in [0.1, 0.15) is 51.4 Å². The molecule has 1 unspecified atom stereocenters. The molecule has 2 fully saturated rings. The summed E-state index contributed by atoms with van der Waals surface area (Å²) in [6, 6.07) is -1.07. The van der Waals surface area contributed by atoms with E-state index in [0.717, 1.165) is 38.0 Å². The molecule has 0 radical (unpaired) electrons. The fraction of sp³-hybridized carbons (Fsp3) is 0.857. The van der Waals surface area contributed by atoms with Crippen LogP contribution in [0, 0.1) is 11.8 Å². The smallest absolute Gasteiger partial charge is 0.326 e. The van der Waals surface area contributed by atoms with Gasteiger partial charge in [-0.1, -0.05) is 32.1 Å². The number of carbonyl (C=O) groups is 2. The molecule has 5 nitrogen and oxygen atoms in total. The van der Waals surface area contributed by atoms with Crippen molar-refractivity contribution in [3.05, 3.63) is 0 Å². The van der Waals surface area contributed by atoms with Crippen molar-refractivity contribution < 1.29 is 14.7 Å². The third kappa shape index (κ3) is 4.73. The summed E-state index contributed by atoms with van der Waals surface area (Å²) >= 11 is 0. The molecule has 0 aromatic carbocycles. The van der Waals surface area contributed by atoms with E-state index in [0.29, 0.717) is 6.54 Å². The number of carbonyl (C=O) groups excluding carboxylic acids is 1. The number of rotatable bonds is 6. The molecule has 2 rings (SSSR count). The van der Waals surface area contributed by atoms with Gasteiger partial charge in [-0.05, 0) is 31.1 Å². The van der Waals surface area contributed by atoms with Gasteiger partial charge in [-0.15, -0.1) is 0 Å². The van der Waals surface area contributed by atoms with Crippen molar-refractivity contribution in [1.82, 2.24) is 10.6 Å². The lowest BCUT2D eigenvalue weighted by molar-refractivity contribution is -0.141. The summed E-state index contributed by atoms with van der Waals surface area (Å²) in [5.41, 5.74) is 0. The third-order valence-corrected chi connectivity index (χ3v) is 4.21. The monoisotopic (exact) mass is 268 g/mol. The first-order chi connectivity index (χ1) is 9.16. The summed E-state index contributed by atoms with van der Waals surface area (Å²) in [5.74, 6) is -0.0569. The average molecular weight is 268 g/mol. The van der Waals surface area contributed by atoms with Gasteiger partial charge in [-0.3, -0.25) is 0 Å². The normalized spacial score (nSPS) is 21.7. The Balaban J connectivity index is 1.74. The van der Waals surface area contributed by atoms with Crippen LogP contribution in [0.5, 0.6) is 0 Å². The highest BCUT2D eigenvalue weighted by atomic mass is 16.4. The van der Waals surface area contributed by atoms with Crippen LogP contribution in [0.2, 0.25) is 0 Å². The number of aliphatic carboxylic acids is 1. The fourth-order valence-corrected chi connectivity index (χ4v) is 2.84. The highest BCUT2D eigenvalue weighted by Crippen LogP contribution is 2.31. The van der Waals surface area contributed by atoms with Crippen LogP contribution in [0.3, 0.4) is 0 Å². The van der Waals surface area contributed by atoms with Crippen molar-refractivity contribution >= 4 is 12.0 Å². The Morgan fingerprint density at radius 3 is 2.37 bits per heavy atom. The third-order valence-electron chi connectivity index (χ3n) is 4.21. The van der Waals surface area contributed by atoms with Gasteiger partial charge in [0.25, 0.3) is 0 Å². The summed E-state index contributed by atoms with van der Waals surface area (Å²) in [6.45, 7) is 0.646. The summed E-state index contributed by atoms with van der Waals surface area (Å²) in [5, 5.41) is 14.7. The van der Waals surface area contributed by atoms with Gasteiger partial charge in [0.1, 0.15) is 6.04 Å². The van der Waals surface area contributed by atoms with Crippen molar-refractivity contribution in [3.8, 4) is 0 Å². The molecular formula is C14H24N2O3. The molecule has 0 bridgehead atoms. The molecule has 0 spiro atoms. The van der Waals surface area contributed by atoms with Crippen LogP contribution in [-0.2, 0) is 4.79 Å². The number of hydrogen-bond donors (Lipinski definition) is 3. The van der Waals surface area contributed by atoms with Gasteiger partial charge in [0, 0.05) is 6.54 Å². The maximum atomic E-state index is 11.7. The number of nitrogens with one attached hydrogen (secondary N) is 2. The molecule has 108 valence electrons. The molecule has 3 N–H and O–H groups in total. The van der Waals surface area contributed by atoms with Crippen LogP contribution >= 0.6 is 0 Å². The Morgan fingerprint density at radius 2 is 1.79 bits per heavy atom. The molecule has 0 heterocycles. The second kappa shape index (κ2) is 6.78. The van der Waals surface area contributed by atoms with E-state index < -0.39 is 12.0 Å². The maximum absolute atomic E-state index is 11.7. The molecule has 2 saturated carbocycles. The first kappa shape index (κ1) is 14.2. The van der Waals surface area contributed by atoms with Gasteiger partial charge in [-0.25, -0.2) is 9.59 Å². The van der Waals surface area contributed by atoms with Crippen LogP contribution in [0.4, 0.5) is 4.79 Å². The highest BCUT2D eigenvalue weighted by molar-refractivity contribution is 5.82. The van der Waals surface area contributed by atoms with E-state index in [1.54, 1.807) is 0 Å². The average Bonchev–Trinajstić information content (AvgIpc) is 3.21. The van der Waals surface area contributed by atoms with Crippen LogP contribution in [-0.4, -0.2) is 29.7 Å². The SMILES string of the molecule is O=C(NCCC1CC1)NC(C(=O)O)C1CCCCC1. The fourth-order valence-electron chi connectivity index (χ4n) is 2.84. The molecule has 0 aliphatic heterocycles. The highest BCUT2D eigenvalue weighted by Gasteiger charge is 2.30. The van der Waals surface area contributed by atoms with Crippen LogP contribution < -0.4 is 10.6 Å². The topological polar surface area (TPSA) is 78.4 Å². The van der Waals surface area contributed by atoms with Gasteiger partial charge >= 0.3 is 12.0 Å². The van der Waals surface area contributed by atoms with Crippen molar-refractivity contribution in [1.29, 1.82) is 0 Å². The molecule has 19 heavy (non-hydrogen) atoms. The summed E-state index contributed by atoms with van der Waals surface area (Å²) in [4.78, 5) is 23.0. The lowest BCUT2D eigenvalue weighted by Gasteiger charge is -2.28. The molecule has 2 amide bonds. The van der Waals surface area contributed by atoms with E-state index in [9.17, 15) is 14.7 Å². The van der Waals surface area contributed by atoms with Gasteiger partial charge in [0.2, 0.25) is 0 Å². The second-order valence-electron chi connectivity index (χ2n) is 5.85. The van der Waals surface area contributed by atoms with Gasteiger partial charge in [-0.2, -0.15) is 0 Å². The minimum atomic E-state index is -0.913. The molecule has 5 heteroatoms. The van der Waals surface area contributed by atoms with Gasteiger partial charge < -0.3 is 15.7 Å². The second-order valence-corrected chi connectivity index (χ2v) is 5.85. The van der Waals surface area contributed by atoms with E-state index >= 15 is 0 Å². The van der Waals surface area contributed by atoms with E-state index in [4.69, 9.17) is 0 Å². The Morgan fingerprint density at radius 1 is 1.11 bits per heavy atom. The summed E-state index contributed by atoms with van der Waals surface area (Å²) < 4.78 is 0. The standard InChI is InChI=1S/C14H24N2O3/c17-13(18)12(11-4-2-1-3-5-11)16-14(19)15-9-8-10-6-7-10/h10-12H,1-9H2,(H,17,18)(H2,15,16,19). The first-order valence-corrected chi connectivity index (χ1v) is 7.44. The quantitative estimate of drug-likeness (QED) is 0.690. The molecule has 2 aliphatic carbocycles. The zero-order valence-corrected chi connectivity index (χ0v) is 11.4. The Kier molecular flexibility index (Phi) is 5.05. The number of amides is 2. The van der Waals surface area contributed by atoms with E-state index in [1.165, 1.54) is 19.3 Å². The predicted molar refractivity (Wildman–Crippen MR) is 71.9 cm³/mol. The number of carboxylic acid groups (broad SMARTS) is 1. The van der Waals surface area contributed by atoms with Crippen molar-refractivity contribution in [2.75, 3.05) is 6.54 Å². The van der Waals surface area contributed by atoms with E-state index in [1.807, 2.05) is 0 Å². The van der Waals surface area contributed by atoms with Crippen molar-refractivity contribution in [2.24, 2.45) is 11.8 Å². The number of urea groups is 1. The summed E-state index contributed by atoms with van der Waals surface area (Å²) in [6.07, 6.45) is 8.66. The lowest BCUT2D eigenvalue weighted by Crippen LogP contribution is -2.50. The zero-order chi connectivity index (χ0) is 13.7. The zero-order valence-electron chi connectivity index (χ0n) is 11.4. The molecule has 0 saturated heterocycles. The molecule has 1 atom stereocenters. The molecule has 0 aromatic heterocycles. The minimum Gasteiger partial charge on any atom is -0.480 e. The number of hydrogen-bond acceptors (Lipinski definition) is 2. The Labute approximate surface area is 114 Å². The Hall–Kier alpha value is -1.26. The minimum absolute atomic E-state index is 0.0837. The number of carboxylic acids is 1. The Bertz CT molecular complexity index is 323. The molecular weight excluding hydrogens is 244 g/mol. The van der Waals surface area contributed by atoms with E-state index in [2.05, 4.69) is 10.6 Å². The predicted octanol–water partition coefficient (Wildman–Crippen LogP) is 2.12. The largest absolute Gasteiger partial charge is 0.480 e. The molecule has 0 aromatic rings. The van der Waals surface area contributed by atoms with Gasteiger partial charge in [0.05, 0.1) is 0 Å². The van der Waals surface area contributed by atoms with Crippen LogP contribution in [0.15, 0.2) is 0 Å². The van der Waals surface area contributed by atoms with E-state index in [-0.39, 0.29) is 11.9 Å².